The molecule has 0 radical (unpaired) electrons. The molecule has 26 heavy (non-hydrogen) atoms. The Morgan fingerprint density at radius 2 is 1.54 bits per heavy atom. The fourth-order valence-electron chi connectivity index (χ4n) is 1.94. The Balaban J connectivity index is 2.10. The summed E-state index contributed by atoms with van der Waals surface area (Å²) in [6, 6.07) is 8.82. The van der Waals surface area contributed by atoms with Gasteiger partial charge in [-0.25, -0.2) is 13.2 Å². The van der Waals surface area contributed by atoms with Crippen LogP contribution in [0.2, 0.25) is 0 Å². The van der Waals surface area contributed by atoms with E-state index >= 15 is 0 Å². The number of amides is 1. The third kappa shape index (κ3) is 5.12. The molecule has 2 aromatic rings. The molecule has 10 heteroatoms. The first-order valence-corrected chi connectivity index (χ1v) is 8.84. The third-order valence-corrected chi connectivity index (χ3v) is 4.55. The van der Waals surface area contributed by atoms with E-state index in [1.165, 1.54) is 24.3 Å². The molecule has 0 aliphatic rings. The van der Waals surface area contributed by atoms with Gasteiger partial charge < -0.3 is 4.74 Å². The molecule has 0 bridgehead atoms. The fourth-order valence-corrected chi connectivity index (χ4v) is 3.00. The molecule has 0 heterocycles. The summed E-state index contributed by atoms with van der Waals surface area (Å²) in [5.74, 6) is 0. The fraction of sp³-hybridized carbons (Fsp3) is 0.188. The number of halogens is 3. The lowest BCUT2D eigenvalue weighted by Crippen LogP contribution is -2.14. The number of ether oxygens (including phenoxy) is 1. The molecule has 140 valence electrons. The number of carbonyl (C=O) groups is 1. The molecule has 0 aromatic heterocycles. The van der Waals surface area contributed by atoms with E-state index in [-0.39, 0.29) is 17.2 Å². The quantitative estimate of drug-likeness (QED) is 0.809. The van der Waals surface area contributed by atoms with Crippen LogP contribution in [-0.4, -0.2) is 21.1 Å². The van der Waals surface area contributed by atoms with Crippen molar-refractivity contribution in [2.24, 2.45) is 0 Å². The number of sulfonamides is 1. The molecule has 0 spiro atoms. The van der Waals surface area contributed by atoms with Gasteiger partial charge in [0.15, 0.2) is 0 Å². The van der Waals surface area contributed by atoms with Crippen molar-refractivity contribution in [3.8, 4) is 0 Å². The highest BCUT2D eigenvalue weighted by atomic mass is 32.2. The average Bonchev–Trinajstić information content (AvgIpc) is 2.56. The zero-order valence-electron chi connectivity index (χ0n) is 13.5. The number of alkyl halides is 3. The van der Waals surface area contributed by atoms with Crippen LogP contribution < -0.4 is 10.0 Å². The Morgan fingerprint density at radius 3 is 2.04 bits per heavy atom. The van der Waals surface area contributed by atoms with Gasteiger partial charge in [0.2, 0.25) is 0 Å². The molecule has 0 saturated carbocycles. The predicted molar refractivity (Wildman–Crippen MR) is 89.3 cm³/mol. The molecule has 0 fully saturated rings. The largest absolute Gasteiger partial charge is 0.450 e. The molecule has 0 aliphatic carbocycles. The minimum absolute atomic E-state index is 0.180. The predicted octanol–water partition coefficient (Wildman–Crippen LogP) is 4.07. The number of rotatable bonds is 5. The first-order chi connectivity index (χ1) is 12.1. The topological polar surface area (TPSA) is 84.5 Å². The second-order valence-electron chi connectivity index (χ2n) is 5.05. The molecule has 2 rings (SSSR count). The van der Waals surface area contributed by atoms with Gasteiger partial charge in [-0.15, -0.1) is 0 Å². The van der Waals surface area contributed by atoms with Gasteiger partial charge in [0.05, 0.1) is 17.1 Å². The minimum Gasteiger partial charge on any atom is -0.450 e. The van der Waals surface area contributed by atoms with Crippen LogP contribution >= 0.6 is 0 Å². The van der Waals surface area contributed by atoms with Crippen molar-refractivity contribution in [3.63, 3.8) is 0 Å². The third-order valence-electron chi connectivity index (χ3n) is 3.15. The van der Waals surface area contributed by atoms with E-state index in [0.29, 0.717) is 17.8 Å². The summed E-state index contributed by atoms with van der Waals surface area (Å²) in [5.41, 5.74) is -0.369. The van der Waals surface area contributed by atoms with Crippen LogP contribution in [0.25, 0.3) is 0 Å². The molecule has 0 atom stereocenters. The highest BCUT2D eigenvalue weighted by molar-refractivity contribution is 7.92. The maximum Gasteiger partial charge on any atom is 0.416 e. The van der Waals surface area contributed by atoms with E-state index in [1.807, 2.05) is 0 Å². The summed E-state index contributed by atoms with van der Waals surface area (Å²) in [5, 5.41) is 2.44. The van der Waals surface area contributed by atoms with E-state index in [4.69, 9.17) is 4.74 Å². The number of nitrogens with one attached hydrogen (secondary N) is 2. The van der Waals surface area contributed by atoms with E-state index in [1.54, 1.807) is 6.92 Å². The first-order valence-electron chi connectivity index (χ1n) is 7.36. The molecule has 2 aromatic carbocycles. The van der Waals surface area contributed by atoms with Crippen LogP contribution in [-0.2, 0) is 20.9 Å². The molecule has 1 amide bonds. The van der Waals surface area contributed by atoms with Gasteiger partial charge in [-0.1, -0.05) is 0 Å². The summed E-state index contributed by atoms with van der Waals surface area (Å²) in [6.07, 6.45) is -5.19. The maximum atomic E-state index is 12.5. The SMILES string of the molecule is CCOC(=O)Nc1ccc(NS(=O)(=O)c2ccc(C(F)(F)F)cc2)cc1. The maximum absolute atomic E-state index is 12.5. The summed E-state index contributed by atoms with van der Waals surface area (Å²) in [7, 11) is -4.05. The lowest BCUT2D eigenvalue weighted by Gasteiger charge is -2.11. The van der Waals surface area contributed by atoms with Crippen LogP contribution in [0.15, 0.2) is 53.4 Å². The molecule has 0 aliphatic heterocycles. The summed E-state index contributed by atoms with van der Waals surface area (Å²) >= 11 is 0. The molecule has 2 N–H and O–H groups in total. The number of carbonyl (C=O) groups excluding carboxylic acids is 1. The van der Waals surface area contributed by atoms with Gasteiger partial charge in [-0.3, -0.25) is 10.0 Å². The molecule has 6 nitrogen and oxygen atoms in total. The molecular formula is C16H15F3N2O4S. The van der Waals surface area contributed by atoms with Gasteiger partial charge in [-0.2, -0.15) is 13.2 Å². The van der Waals surface area contributed by atoms with Crippen LogP contribution in [0.4, 0.5) is 29.3 Å². The van der Waals surface area contributed by atoms with Gasteiger partial charge in [0.25, 0.3) is 10.0 Å². The number of hydrogen-bond donors (Lipinski definition) is 2. The van der Waals surface area contributed by atoms with Gasteiger partial charge in [-0.05, 0) is 55.5 Å². The van der Waals surface area contributed by atoms with Crippen molar-refractivity contribution in [1.29, 1.82) is 0 Å². The smallest absolute Gasteiger partial charge is 0.416 e. The Labute approximate surface area is 148 Å². The van der Waals surface area contributed by atoms with Gasteiger partial charge in [0.1, 0.15) is 0 Å². The van der Waals surface area contributed by atoms with Crippen molar-refractivity contribution in [1.82, 2.24) is 0 Å². The summed E-state index contributed by atoms with van der Waals surface area (Å²) in [6.45, 7) is 1.86. The van der Waals surface area contributed by atoms with Crippen molar-refractivity contribution in [3.05, 3.63) is 54.1 Å². The molecular weight excluding hydrogens is 373 g/mol. The number of hydrogen-bond acceptors (Lipinski definition) is 4. The second-order valence-corrected chi connectivity index (χ2v) is 6.73. The highest BCUT2D eigenvalue weighted by Crippen LogP contribution is 2.30. The van der Waals surface area contributed by atoms with E-state index < -0.39 is 27.9 Å². The normalized spacial score (nSPS) is 11.7. The Bertz CT molecular complexity index is 864. The van der Waals surface area contributed by atoms with E-state index in [2.05, 4.69) is 10.0 Å². The van der Waals surface area contributed by atoms with Crippen LogP contribution in [0.5, 0.6) is 0 Å². The Kier molecular flexibility index (Phi) is 5.76. The first kappa shape index (κ1) is 19.6. The van der Waals surface area contributed by atoms with E-state index in [9.17, 15) is 26.4 Å². The molecule has 0 unspecified atom stereocenters. The van der Waals surface area contributed by atoms with Gasteiger partial charge >= 0.3 is 12.3 Å². The zero-order chi connectivity index (χ0) is 19.4. The Hall–Kier alpha value is -2.75. The van der Waals surface area contributed by atoms with Crippen LogP contribution in [0, 0.1) is 0 Å². The standard InChI is InChI=1S/C16H15F3N2O4S/c1-2-25-15(22)20-12-5-7-13(8-6-12)21-26(23,24)14-9-3-11(4-10-14)16(17,18)19/h3-10,21H,2H2,1H3,(H,20,22). The van der Waals surface area contributed by atoms with Crippen LogP contribution in [0.3, 0.4) is 0 Å². The van der Waals surface area contributed by atoms with Crippen molar-refractivity contribution >= 4 is 27.5 Å². The van der Waals surface area contributed by atoms with Crippen LogP contribution in [0.1, 0.15) is 12.5 Å². The zero-order valence-corrected chi connectivity index (χ0v) is 14.3. The summed E-state index contributed by atoms with van der Waals surface area (Å²) < 4.78 is 69.0. The highest BCUT2D eigenvalue weighted by Gasteiger charge is 2.30. The Morgan fingerprint density at radius 1 is 1.00 bits per heavy atom. The molecule has 0 saturated heterocycles. The van der Waals surface area contributed by atoms with Gasteiger partial charge in [0, 0.05) is 11.4 Å². The van der Waals surface area contributed by atoms with E-state index in [0.717, 1.165) is 12.1 Å². The van der Waals surface area contributed by atoms with Crippen molar-refractivity contribution in [2.45, 2.75) is 18.0 Å². The lowest BCUT2D eigenvalue weighted by molar-refractivity contribution is -0.137. The number of benzene rings is 2. The minimum atomic E-state index is -4.54. The average molecular weight is 388 g/mol. The number of anilines is 2. The monoisotopic (exact) mass is 388 g/mol. The second kappa shape index (κ2) is 7.65. The van der Waals surface area contributed by atoms with Crippen molar-refractivity contribution in [2.75, 3.05) is 16.6 Å². The lowest BCUT2D eigenvalue weighted by atomic mass is 10.2. The van der Waals surface area contributed by atoms with Crippen molar-refractivity contribution < 1.29 is 31.1 Å². The summed E-state index contributed by atoms with van der Waals surface area (Å²) in [4.78, 5) is 11.0.